The fourth-order valence-corrected chi connectivity index (χ4v) is 3.51. The Morgan fingerprint density at radius 1 is 1.50 bits per heavy atom. The smallest absolute Gasteiger partial charge is 0.245 e. The Morgan fingerprint density at radius 3 is 2.83 bits per heavy atom. The largest absolute Gasteiger partial charge is 0.383 e. The van der Waals surface area contributed by atoms with E-state index in [0.29, 0.717) is 10.8 Å². The van der Waals surface area contributed by atoms with Gasteiger partial charge in [-0.1, -0.05) is 11.6 Å². The van der Waals surface area contributed by atoms with Crippen LogP contribution in [0.1, 0.15) is 4.88 Å². The summed E-state index contributed by atoms with van der Waals surface area (Å²) in [7, 11) is -3.61. The van der Waals surface area contributed by atoms with E-state index in [4.69, 9.17) is 17.3 Å². The fourth-order valence-electron chi connectivity index (χ4n) is 1.37. The van der Waals surface area contributed by atoms with Crippen molar-refractivity contribution in [3.05, 3.63) is 27.5 Å². The van der Waals surface area contributed by atoms with Crippen molar-refractivity contribution in [3.8, 4) is 0 Å². The van der Waals surface area contributed by atoms with Gasteiger partial charge in [0.2, 0.25) is 10.0 Å². The van der Waals surface area contributed by atoms with E-state index in [1.165, 1.54) is 17.5 Å². The average molecular weight is 307 g/mol. The lowest BCUT2D eigenvalue weighted by molar-refractivity contribution is 0.582. The SMILES string of the molecule is Nc1[nH]ncc1S(=O)(=O)NCCc1ccc(Cl)s1. The first-order valence-electron chi connectivity index (χ1n) is 5.02. The number of hydrogen-bond donors (Lipinski definition) is 3. The molecule has 0 aliphatic heterocycles. The molecule has 2 aromatic rings. The summed E-state index contributed by atoms with van der Waals surface area (Å²) in [6.07, 6.45) is 1.76. The topological polar surface area (TPSA) is 101 Å². The van der Waals surface area contributed by atoms with Crippen LogP contribution in [-0.4, -0.2) is 25.2 Å². The van der Waals surface area contributed by atoms with Crippen LogP contribution in [0.25, 0.3) is 0 Å². The number of nitrogen functional groups attached to an aromatic ring is 1. The molecule has 6 nitrogen and oxygen atoms in total. The van der Waals surface area contributed by atoms with Crippen molar-refractivity contribution in [2.75, 3.05) is 12.3 Å². The van der Waals surface area contributed by atoms with Gasteiger partial charge < -0.3 is 5.73 Å². The van der Waals surface area contributed by atoms with Crippen LogP contribution in [0.4, 0.5) is 5.82 Å². The molecule has 0 spiro atoms. The highest BCUT2D eigenvalue weighted by Gasteiger charge is 2.18. The van der Waals surface area contributed by atoms with Gasteiger partial charge in [0.05, 0.1) is 10.5 Å². The minimum atomic E-state index is -3.61. The molecule has 18 heavy (non-hydrogen) atoms. The number of nitrogens with zero attached hydrogens (tertiary/aromatic N) is 1. The van der Waals surface area contributed by atoms with Gasteiger partial charge in [-0.15, -0.1) is 11.3 Å². The average Bonchev–Trinajstić information content (AvgIpc) is 2.87. The van der Waals surface area contributed by atoms with Crippen LogP contribution in [0.2, 0.25) is 4.34 Å². The molecule has 0 aromatic carbocycles. The summed E-state index contributed by atoms with van der Waals surface area (Å²) in [4.78, 5) is 0.981. The van der Waals surface area contributed by atoms with E-state index in [1.807, 2.05) is 6.07 Å². The van der Waals surface area contributed by atoms with E-state index in [9.17, 15) is 8.42 Å². The molecule has 0 bridgehead atoms. The first-order valence-corrected chi connectivity index (χ1v) is 7.69. The molecule has 0 atom stereocenters. The molecular weight excluding hydrogens is 296 g/mol. The number of nitrogens with one attached hydrogen (secondary N) is 2. The number of nitrogens with two attached hydrogens (primary N) is 1. The highest BCUT2D eigenvalue weighted by molar-refractivity contribution is 7.89. The number of aromatic amines is 1. The molecule has 0 fully saturated rings. The third-order valence-corrected chi connectivity index (χ3v) is 4.99. The lowest BCUT2D eigenvalue weighted by Gasteiger charge is -2.04. The van der Waals surface area contributed by atoms with Gasteiger partial charge >= 0.3 is 0 Å². The van der Waals surface area contributed by atoms with Gasteiger partial charge in [0.25, 0.3) is 0 Å². The Labute approximate surface area is 113 Å². The second-order valence-electron chi connectivity index (χ2n) is 3.50. The van der Waals surface area contributed by atoms with Gasteiger partial charge in [0.15, 0.2) is 0 Å². The molecule has 0 aliphatic rings. The van der Waals surface area contributed by atoms with Crippen LogP contribution in [0.5, 0.6) is 0 Å². The minimum Gasteiger partial charge on any atom is -0.383 e. The third-order valence-electron chi connectivity index (χ3n) is 2.21. The first kappa shape index (κ1) is 13.3. The lowest BCUT2D eigenvalue weighted by Crippen LogP contribution is -2.26. The van der Waals surface area contributed by atoms with Crippen LogP contribution < -0.4 is 10.5 Å². The number of aromatic nitrogens is 2. The van der Waals surface area contributed by atoms with Crippen LogP contribution in [0.3, 0.4) is 0 Å². The van der Waals surface area contributed by atoms with Gasteiger partial charge in [0.1, 0.15) is 10.7 Å². The number of sulfonamides is 1. The predicted octanol–water partition coefficient (Wildman–Crippen LogP) is 1.23. The molecule has 0 aliphatic carbocycles. The molecule has 0 saturated carbocycles. The monoisotopic (exact) mass is 306 g/mol. The molecule has 0 unspecified atom stereocenters. The minimum absolute atomic E-state index is 0.0293. The van der Waals surface area contributed by atoms with Gasteiger partial charge in [-0.25, -0.2) is 13.1 Å². The Morgan fingerprint density at radius 2 is 2.28 bits per heavy atom. The molecule has 2 aromatic heterocycles. The zero-order valence-electron chi connectivity index (χ0n) is 9.18. The van der Waals surface area contributed by atoms with Crippen molar-refractivity contribution >= 4 is 38.8 Å². The summed E-state index contributed by atoms with van der Waals surface area (Å²) in [6.45, 7) is 0.282. The van der Waals surface area contributed by atoms with E-state index >= 15 is 0 Å². The van der Waals surface area contributed by atoms with Gasteiger partial charge in [-0.3, -0.25) is 5.10 Å². The standard InChI is InChI=1S/C9H11ClN4O2S2/c10-8-2-1-6(17-8)3-4-13-18(15,16)7-5-12-14-9(7)11/h1-2,5,13H,3-4H2,(H3,11,12,14). The quantitative estimate of drug-likeness (QED) is 0.773. The van der Waals surface area contributed by atoms with Gasteiger partial charge in [-0.2, -0.15) is 5.10 Å². The highest BCUT2D eigenvalue weighted by Crippen LogP contribution is 2.21. The van der Waals surface area contributed by atoms with Crippen molar-refractivity contribution in [2.24, 2.45) is 0 Å². The van der Waals surface area contributed by atoms with Crippen LogP contribution in [0.15, 0.2) is 23.2 Å². The maximum Gasteiger partial charge on any atom is 0.245 e. The Kier molecular flexibility index (Phi) is 3.91. The molecule has 0 radical (unpaired) electrons. The molecular formula is C9H11ClN4O2S2. The molecule has 2 heterocycles. The number of hydrogen-bond acceptors (Lipinski definition) is 5. The molecule has 9 heteroatoms. The van der Waals surface area contributed by atoms with E-state index in [2.05, 4.69) is 14.9 Å². The van der Waals surface area contributed by atoms with Crippen molar-refractivity contribution in [1.29, 1.82) is 0 Å². The summed E-state index contributed by atoms with van der Waals surface area (Å²) in [5, 5.41) is 5.95. The zero-order valence-corrected chi connectivity index (χ0v) is 11.6. The maximum atomic E-state index is 11.8. The number of halogens is 1. The van der Waals surface area contributed by atoms with Crippen molar-refractivity contribution in [3.63, 3.8) is 0 Å². The van der Waals surface area contributed by atoms with Crippen LogP contribution >= 0.6 is 22.9 Å². The summed E-state index contributed by atoms with van der Waals surface area (Å²) in [5.74, 6) is 0.0293. The number of anilines is 1. The predicted molar refractivity (Wildman–Crippen MR) is 71.2 cm³/mol. The molecule has 0 amide bonds. The molecule has 98 valence electrons. The van der Waals surface area contributed by atoms with Crippen molar-refractivity contribution < 1.29 is 8.42 Å². The van der Waals surface area contributed by atoms with Crippen LogP contribution in [-0.2, 0) is 16.4 Å². The second kappa shape index (κ2) is 5.27. The first-order chi connectivity index (χ1) is 8.49. The van der Waals surface area contributed by atoms with Gasteiger partial charge in [-0.05, 0) is 18.6 Å². The Hall–Kier alpha value is -1.09. The summed E-state index contributed by atoms with van der Waals surface area (Å²) < 4.78 is 26.8. The van der Waals surface area contributed by atoms with Gasteiger partial charge in [0, 0.05) is 11.4 Å². The van der Waals surface area contributed by atoms with E-state index < -0.39 is 10.0 Å². The normalized spacial score (nSPS) is 11.8. The van der Waals surface area contributed by atoms with Crippen molar-refractivity contribution in [1.82, 2.24) is 14.9 Å². The number of rotatable bonds is 5. The van der Waals surface area contributed by atoms with Crippen molar-refractivity contribution in [2.45, 2.75) is 11.3 Å². The zero-order chi connectivity index (χ0) is 13.2. The second-order valence-corrected chi connectivity index (χ2v) is 7.04. The Balaban J connectivity index is 1.96. The molecule has 2 rings (SSSR count). The van der Waals surface area contributed by atoms with Crippen LogP contribution in [0, 0.1) is 0 Å². The Bertz CT molecular complexity index is 635. The maximum absolute atomic E-state index is 11.8. The van der Waals surface area contributed by atoms with E-state index in [1.54, 1.807) is 6.07 Å². The van der Waals surface area contributed by atoms with E-state index in [-0.39, 0.29) is 17.3 Å². The lowest BCUT2D eigenvalue weighted by atomic mass is 10.3. The fraction of sp³-hybridized carbons (Fsp3) is 0.222. The molecule has 4 N–H and O–H groups in total. The van der Waals surface area contributed by atoms with E-state index in [0.717, 1.165) is 4.88 Å². The summed E-state index contributed by atoms with van der Waals surface area (Å²) in [6, 6.07) is 3.65. The third kappa shape index (κ3) is 3.02. The summed E-state index contributed by atoms with van der Waals surface area (Å²) in [5.41, 5.74) is 5.46. The molecule has 0 saturated heterocycles. The number of H-pyrrole nitrogens is 1. The highest BCUT2D eigenvalue weighted by atomic mass is 35.5. The number of thiophene rings is 1. The summed E-state index contributed by atoms with van der Waals surface area (Å²) >= 11 is 7.21.